The molecule has 0 bridgehead atoms. The van der Waals surface area contributed by atoms with Crippen LogP contribution in [-0.2, 0) is 6.42 Å². The fourth-order valence-corrected chi connectivity index (χ4v) is 1.87. The molecule has 19 heavy (non-hydrogen) atoms. The summed E-state index contributed by atoms with van der Waals surface area (Å²) in [5.74, 6) is -4.00. The van der Waals surface area contributed by atoms with Crippen LogP contribution in [0.25, 0.3) is 11.4 Å². The average molecular weight is 287 g/mol. The van der Waals surface area contributed by atoms with Crippen LogP contribution in [0.3, 0.4) is 0 Å². The van der Waals surface area contributed by atoms with Gasteiger partial charge in [-0.05, 0) is 24.6 Å². The van der Waals surface area contributed by atoms with Crippen molar-refractivity contribution in [2.75, 3.05) is 0 Å². The Hall–Kier alpha value is -1.62. The number of rotatable bonds is 3. The second-order valence-electron chi connectivity index (χ2n) is 4.01. The summed E-state index contributed by atoms with van der Waals surface area (Å²) in [6.07, 6.45) is 1.51. The maximum absolute atomic E-state index is 13.2. The van der Waals surface area contributed by atoms with E-state index in [1.807, 2.05) is 6.92 Å². The minimum atomic E-state index is -1.51. The van der Waals surface area contributed by atoms with Crippen molar-refractivity contribution in [1.29, 1.82) is 0 Å². The lowest BCUT2D eigenvalue weighted by Gasteiger charge is -2.05. The Balaban J connectivity index is 2.52. The van der Waals surface area contributed by atoms with Crippen molar-refractivity contribution in [3.05, 3.63) is 46.5 Å². The maximum Gasteiger partial charge on any atom is 0.194 e. The van der Waals surface area contributed by atoms with Gasteiger partial charge < -0.3 is 0 Å². The standard InChI is InChI=1S/C13H10ClF3N2/c1-2-3-8-6-11(14)19-13(18-8)7-4-9(15)12(17)10(16)5-7/h4-6H,2-3H2,1H3. The van der Waals surface area contributed by atoms with Gasteiger partial charge in [-0.25, -0.2) is 23.1 Å². The first-order valence-electron chi connectivity index (χ1n) is 5.69. The number of aryl methyl sites for hydroxylation is 1. The van der Waals surface area contributed by atoms with Gasteiger partial charge in [0.25, 0.3) is 0 Å². The van der Waals surface area contributed by atoms with Crippen LogP contribution in [0.15, 0.2) is 18.2 Å². The highest BCUT2D eigenvalue weighted by molar-refractivity contribution is 6.29. The van der Waals surface area contributed by atoms with E-state index in [9.17, 15) is 13.2 Å². The van der Waals surface area contributed by atoms with Crippen LogP contribution >= 0.6 is 11.6 Å². The third kappa shape index (κ3) is 3.04. The van der Waals surface area contributed by atoms with Crippen molar-refractivity contribution in [1.82, 2.24) is 9.97 Å². The molecule has 0 aliphatic heterocycles. The van der Waals surface area contributed by atoms with E-state index in [4.69, 9.17) is 11.6 Å². The highest BCUT2D eigenvalue weighted by Gasteiger charge is 2.14. The molecular formula is C13H10ClF3N2. The van der Waals surface area contributed by atoms with Crippen LogP contribution in [0.4, 0.5) is 13.2 Å². The van der Waals surface area contributed by atoms with Crippen molar-refractivity contribution in [3.8, 4) is 11.4 Å². The molecule has 1 aromatic carbocycles. The first kappa shape index (κ1) is 13.8. The lowest BCUT2D eigenvalue weighted by atomic mass is 10.1. The van der Waals surface area contributed by atoms with E-state index in [0.29, 0.717) is 12.1 Å². The lowest BCUT2D eigenvalue weighted by molar-refractivity contribution is 0.447. The van der Waals surface area contributed by atoms with Crippen molar-refractivity contribution in [2.45, 2.75) is 19.8 Å². The van der Waals surface area contributed by atoms with Gasteiger partial charge in [0.15, 0.2) is 23.3 Å². The Morgan fingerprint density at radius 2 is 1.68 bits per heavy atom. The van der Waals surface area contributed by atoms with E-state index in [2.05, 4.69) is 9.97 Å². The monoisotopic (exact) mass is 286 g/mol. The normalized spacial score (nSPS) is 10.8. The third-order valence-electron chi connectivity index (χ3n) is 2.50. The SMILES string of the molecule is CCCc1cc(Cl)nc(-c2cc(F)c(F)c(F)c2)n1. The van der Waals surface area contributed by atoms with Gasteiger partial charge in [-0.1, -0.05) is 24.9 Å². The molecule has 0 spiro atoms. The molecule has 0 aliphatic rings. The highest BCUT2D eigenvalue weighted by atomic mass is 35.5. The fraction of sp³-hybridized carbons (Fsp3) is 0.231. The van der Waals surface area contributed by atoms with E-state index in [1.165, 1.54) is 0 Å². The minimum absolute atomic E-state index is 0.0521. The molecule has 100 valence electrons. The van der Waals surface area contributed by atoms with Gasteiger partial charge in [0.05, 0.1) is 0 Å². The molecular weight excluding hydrogens is 277 g/mol. The van der Waals surface area contributed by atoms with E-state index >= 15 is 0 Å². The predicted molar refractivity (Wildman–Crippen MR) is 66.3 cm³/mol. The second kappa shape index (κ2) is 5.57. The molecule has 2 rings (SSSR count). The number of nitrogens with zero attached hydrogens (tertiary/aromatic N) is 2. The van der Waals surface area contributed by atoms with Crippen molar-refractivity contribution in [2.24, 2.45) is 0 Å². The van der Waals surface area contributed by atoms with Crippen LogP contribution in [-0.4, -0.2) is 9.97 Å². The van der Waals surface area contributed by atoms with Crippen LogP contribution in [0.1, 0.15) is 19.0 Å². The zero-order chi connectivity index (χ0) is 14.0. The van der Waals surface area contributed by atoms with Crippen molar-refractivity contribution >= 4 is 11.6 Å². The number of halogens is 4. The summed E-state index contributed by atoms with van der Waals surface area (Å²) in [6.45, 7) is 1.97. The quantitative estimate of drug-likeness (QED) is 0.625. The molecule has 0 aliphatic carbocycles. The summed E-state index contributed by atoms with van der Waals surface area (Å²) in [5.41, 5.74) is 0.721. The molecule has 0 unspecified atom stereocenters. The number of benzene rings is 1. The summed E-state index contributed by atoms with van der Waals surface area (Å²) in [5, 5.41) is 0.179. The van der Waals surface area contributed by atoms with Crippen molar-refractivity contribution in [3.63, 3.8) is 0 Å². The van der Waals surface area contributed by atoms with Crippen LogP contribution in [0, 0.1) is 17.5 Å². The Bertz CT molecular complexity index is 594. The van der Waals surface area contributed by atoms with Crippen molar-refractivity contribution < 1.29 is 13.2 Å². The van der Waals surface area contributed by atoms with E-state index in [-0.39, 0.29) is 16.5 Å². The average Bonchev–Trinajstić information content (AvgIpc) is 2.35. The molecule has 0 N–H and O–H groups in total. The highest BCUT2D eigenvalue weighted by Crippen LogP contribution is 2.23. The van der Waals surface area contributed by atoms with Gasteiger partial charge in [0.1, 0.15) is 5.15 Å². The van der Waals surface area contributed by atoms with Crippen LogP contribution in [0.2, 0.25) is 5.15 Å². The second-order valence-corrected chi connectivity index (χ2v) is 4.40. The molecule has 0 radical (unpaired) electrons. The molecule has 0 fully saturated rings. The fourth-order valence-electron chi connectivity index (χ4n) is 1.66. The molecule has 1 aromatic heterocycles. The maximum atomic E-state index is 13.2. The molecule has 0 atom stereocenters. The molecule has 0 saturated heterocycles. The van der Waals surface area contributed by atoms with E-state index < -0.39 is 17.5 Å². The number of hydrogen-bond acceptors (Lipinski definition) is 2. The molecule has 2 aromatic rings. The summed E-state index contributed by atoms with van der Waals surface area (Å²) in [7, 11) is 0. The van der Waals surface area contributed by atoms with Gasteiger partial charge in [-0.15, -0.1) is 0 Å². The minimum Gasteiger partial charge on any atom is -0.233 e. The van der Waals surface area contributed by atoms with Gasteiger partial charge in [0.2, 0.25) is 0 Å². The Kier molecular flexibility index (Phi) is 4.04. The molecule has 2 nitrogen and oxygen atoms in total. The lowest BCUT2D eigenvalue weighted by Crippen LogP contribution is -1.98. The molecule has 0 amide bonds. The Morgan fingerprint density at radius 1 is 1.05 bits per heavy atom. The number of aromatic nitrogens is 2. The van der Waals surface area contributed by atoms with Gasteiger partial charge in [0, 0.05) is 11.3 Å². The molecule has 0 saturated carbocycles. The molecule has 1 heterocycles. The topological polar surface area (TPSA) is 25.8 Å². The Labute approximate surface area is 113 Å². The van der Waals surface area contributed by atoms with Gasteiger partial charge in [-0.3, -0.25) is 0 Å². The largest absolute Gasteiger partial charge is 0.233 e. The summed E-state index contributed by atoms with van der Waals surface area (Å²) in [6, 6.07) is 3.28. The molecule has 6 heteroatoms. The predicted octanol–water partition coefficient (Wildman–Crippen LogP) is 4.17. The van der Waals surface area contributed by atoms with Crippen LogP contribution in [0.5, 0.6) is 0 Å². The van der Waals surface area contributed by atoms with E-state index in [1.54, 1.807) is 6.07 Å². The van der Waals surface area contributed by atoms with Gasteiger partial charge >= 0.3 is 0 Å². The first-order chi connectivity index (χ1) is 9.01. The van der Waals surface area contributed by atoms with Crippen LogP contribution < -0.4 is 0 Å². The summed E-state index contributed by atoms with van der Waals surface area (Å²) < 4.78 is 39.2. The zero-order valence-corrected chi connectivity index (χ0v) is 10.8. The van der Waals surface area contributed by atoms with Gasteiger partial charge in [-0.2, -0.15) is 0 Å². The van der Waals surface area contributed by atoms with E-state index in [0.717, 1.165) is 18.6 Å². The summed E-state index contributed by atoms with van der Waals surface area (Å²) >= 11 is 5.83. The number of hydrogen-bond donors (Lipinski definition) is 0. The third-order valence-corrected chi connectivity index (χ3v) is 2.69. The zero-order valence-electron chi connectivity index (χ0n) is 10.1. The smallest absolute Gasteiger partial charge is 0.194 e. The summed E-state index contributed by atoms with van der Waals surface area (Å²) in [4.78, 5) is 8.05. The Morgan fingerprint density at radius 3 is 2.26 bits per heavy atom. The first-order valence-corrected chi connectivity index (χ1v) is 6.07.